The van der Waals surface area contributed by atoms with Crippen molar-refractivity contribution < 1.29 is 4.42 Å². The number of aromatic nitrogens is 1. The molecular formula is C12H9ClN2OS. The molecule has 5 heteroatoms. The molecule has 3 rings (SSSR count). The zero-order valence-electron chi connectivity index (χ0n) is 9.03. The van der Waals surface area contributed by atoms with Crippen LogP contribution < -0.4 is 5.73 Å². The predicted octanol–water partition coefficient (Wildman–Crippen LogP) is 4.10. The Morgan fingerprint density at radius 3 is 2.94 bits per heavy atom. The van der Waals surface area contributed by atoms with Gasteiger partial charge in [0.25, 0.3) is 0 Å². The monoisotopic (exact) mass is 264 g/mol. The normalized spacial score (nSPS) is 11.2. The maximum Gasteiger partial charge on any atom is 0.237 e. The van der Waals surface area contributed by atoms with Crippen LogP contribution in [0.15, 0.2) is 28.0 Å². The maximum atomic E-state index is 5.95. The van der Waals surface area contributed by atoms with E-state index >= 15 is 0 Å². The molecule has 3 nitrogen and oxygen atoms in total. The number of benzene rings is 1. The summed E-state index contributed by atoms with van der Waals surface area (Å²) in [6, 6.07) is 5.47. The molecule has 86 valence electrons. The molecule has 0 spiro atoms. The van der Waals surface area contributed by atoms with Crippen molar-refractivity contribution in [3.63, 3.8) is 0 Å². The van der Waals surface area contributed by atoms with Crippen molar-refractivity contribution in [2.45, 2.75) is 6.92 Å². The number of hydrogen-bond acceptors (Lipinski definition) is 4. The molecule has 1 aromatic carbocycles. The van der Waals surface area contributed by atoms with Crippen molar-refractivity contribution in [3.05, 3.63) is 34.2 Å². The topological polar surface area (TPSA) is 52.0 Å². The summed E-state index contributed by atoms with van der Waals surface area (Å²) in [5.41, 5.74) is 8.77. The molecule has 2 heterocycles. The number of thiophene rings is 1. The number of oxazole rings is 1. The van der Waals surface area contributed by atoms with Gasteiger partial charge in [-0.1, -0.05) is 11.6 Å². The van der Waals surface area contributed by atoms with Crippen LogP contribution in [-0.4, -0.2) is 4.98 Å². The van der Waals surface area contributed by atoms with Crippen LogP contribution in [0.2, 0.25) is 5.02 Å². The minimum atomic E-state index is 0.500. The van der Waals surface area contributed by atoms with E-state index in [1.165, 1.54) is 0 Å². The van der Waals surface area contributed by atoms with Gasteiger partial charge in [-0.15, -0.1) is 11.3 Å². The molecule has 2 N–H and O–H groups in total. The predicted molar refractivity (Wildman–Crippen MR) is 71.5 cm³/mol. The second-order valence-electron chi connectivity index (χ2n) is 3.79. The molecule has 0 fully saturated rings. The Morgan fingerprint density at radius 2 is 2.24 bits per heavy atom. The first-order chi connectivity index (χ1) is 8.15. The summed E-state index contributed by atoms with van der Waals surface area (Å²) >= 11 is 7.55. The number of nitrogen functional groups attached to an aromatic ring is 1. The van der Waals surface area contributed by atoms with Crippen molar-refractivity contribution in [2.24, 2.45) is 0 Å². The van der Waals surface area contributed by atoms with Crippen LogP contribution in [0.4, 0.5) is 5.69 Å². The van der Waals surface area contributed by atoms with Gasteiger partial charge < -0.3 is 10.2 Å². The summed E-state index contributed by atoms with van der Waals surface area (Å²) in [5, 5.41) is 2.51. The molecule has 3 aromatic rings. The molecule has 0 unspecified atom stereocenters. The number of aryl methyl sites for hydroxylation is 1. The van der Waals surface area contributed by atoms with Crippen LogP contribution in [0.5, 0.6) is 0 Å². The minimum Gasteiger partial charge on any atom is -0.435 e. The number of fused-ring (bicyclic) bond motifs is 1. The van der Waals surface area contributed by atoms with Gasteiger partial charge in [0.1, 0.15) is 5.52 Å². The molecule has 0 aliphatic rings. The standard InChI is InChI=1S/C12H9ClN2OS/c1-6-2-3-17-11(6)12-15-9-4-7(13)8(14)5-10(9)16-12/h2-5H,14H2,1H3. The largest absolute Gasteiger partial charge is 0.435 e. The molecule has 0 amide bonds. The highest BCUT2D eigenvalue weighted by Crippen LogP contribution is 2.33. The summed E-state index contributed by atoms with van der Waals surface area (Å²) in [7, 11) is 0. The molecule has 0 saturated heterocycles. The summed E-state index contributed by atoms with van der Waals surface area (Å²) < 4.78 is 5.69. The number of rotatable bonds is 1. The number of halogens is 1. The van der Waals surface area contributed by atoms with E-state index in [0.29, 0.717) is 22.2 Å². The average Bonchev–Trinajstić information content (AvgIpc) is 2.85. The summed E-state index contributed by atoms with van der Waals surface area (Å²) in [5.74, 6) is 0.620. The van der Waals surface area contributed by atoms with E-state index in [2.05, 4.69) is 4.98 Å². The molecule has 17 heavy (non-hydrogen) atoms. The number of anilines is 1. The molecule has 2 aromatic heterocycles. The van der Waals surface area contributed by atoms with E-state index in [1.807, 2.05) is 18.4 Å². The summed E-state index contributed by atoms with van der Waals surface area (Å²) in [4.78, 5) is 5.46. The van der Waals surface area contributed by atoms with Gasteiger partial charge in [-0.2, -0.15) is 0 Å². The molecule has 0 atom stereocenters. The lowest BCUT2D eigenvalue weighted by atomic mass is 10.3. The number of hydrogen-bond donors (Lipinski definition) is 1. The van der Waals surface area contributed by atoms with Crippen LogP contribution in [-0.2, 0) is 0 Å². The second kappa shape index (κ2) is 3.75. The minimum absolute atomic E-state index is 0.500. The Morgan fingerprint density at radius 1 is 1.41 bits per heavy atom. The molecule has 0 bridgehead atoms. The van der Waals surface area contributed by atoms with E-state index in [4.69, 9.17) is 21.8 Å². The third-order valence-electron chi connectivity index (χ3n) is 2.56. The van der Waals surface area contributed by atoms with Crippen molar-refractivity contribution in [2.75, 3.05) is 5.73 Å². The average molecular weight is 265 g/mol. The summed E-state index contributed by atoms with van der Waals surface area (Å²) in [6.07, 6.45) is 0. The third kappa shape index (κ3) is 1.69. The first-order valence-electron chi connectivity index (χ1n) is 5.05. The van der Waals surface area contributed by atoms with Crippen molar-refractivity contribution in [3.8, 4) is 10.8 Å². The lowest BCUT2D eigenvalue weighted by Crippen LogP contribution is -1.84. The Hall–Kier alpha value is -1.52. The van der Waals surface area contributed by atoms with Crippen molar-refractivity contribution >= 4 is 39.7 Å². The SMILES string of the molecule is Cc1ccsc1-c1nc2cc(Cl)c(N)cc2o1. The fourth-order valence-corrected chi connectivity index (χ4v) is 2.66. The Labute approximate surface area is 107 Å². The maximum absolute atomic E-state index is 5.95. The second-order valence-corrected chi connectivity index (χ2v) is 5.12. The van der Waals surface area contributed by atoms with Gasteiger partial charge in [-0.3, -0.25) is 0 Å². The van der Waals surface area contributed by atoms with Crippen LogP contribution in [0.3, 0.4) is 0 Å². The molecule has 0 aliphatic heterocycles. The molecule has 0 aliphatic carbocycles. The smallest absolute Gasteiger partial charge is 0.237 e. The van der Waals surface area contributed by atoms with Gasteiger partial charge in [0.2, 0.25) is 5.89 Å². The quantitative estimate of drug-likeness (QED) is 0.673. The van der Waals surface area contributed by atoms with Gasteiger partial charge in [-0.05, 0) is 30.0 Å². The van der Waals surface area contributed by atoms with E-state index in [9.17, 15) is 0 Å². The highest BCUT2D eigenvalue weighted by molar-refractivity contribution is 7.13. The van der Waals surface area contributed by atoms with Crippen LogP contribution in [0.25, 0.3) is 21.9 Å². The summed E-state index contributed by atoms with van der Waals surface area (Å²) in [6.45, 7) is 2.03. The zero-order chi connectivity index (χ0) is 12.0. The van der Waals surface area contributed by atoms with E-state index in [0.717, 1.165) is 16.0 Å². The zero-order valence-corrected chi connectivity index (χ0v) is 10.6. The van der Waals surface area contributed by atoms with Crippen LogP contribution >= 0.6 is 22.9 Å². The first kappa shape index (κ1) is 10.6. The van der Waals surface area contributed by atoms with Crippen LogP contribution in [0, 0.1) is 6.92 Å². The molecule has 0 saturated carbocycles. The highest BCUT2D eigenvalue weighted by atomic mass is 35.5. The lowest BCUT2D eigenvalue weighted by Gasteiger charge is -1.94. The lowest BCUT2D eigenvalue weighted by molar-refractivity contribution is 0.621. The highest BCUT2D eigenvalue weighted by Gasteiger charge is 2.13. The van der Waals surface area contributed by atoms with Crippen molar-refractivity contribution in [1.82, 2.24) is 4.98 Å². The Kier molecular flexibility index (Phi) is 2.34. The number of nitrogens with zero attached hydrogens (tertiary/aromatic N) is 1. The Balaban J connectivity index is 2.24. The fraction of sp³-hybridized carbons (Fsp3) is 0.0833. The van der Waals surface area contributed by atoms with Crippen molar-refractivity contribution in [1.29, 1.82) is 0 Å². The third-order valence-corrected chi connectivity index (χ3v) is 3.90. The van der Waals surface area contributed by atoms with E-state index in [-0.39, 0.29) is 0 Å². The number of nitrogens with two attached hydrogens (primary N) is 1. The molecule has 0 radical (unpaired) electrons. The van der Waals surface area contributed by atoms with Gasteiger partial charge in [0.15, 0.2) is 5.58 Å². The van der Waals surface area contributed by atoms with E-state index in [1.54, 1.807) is 23.5 Å². The Bertz CT molecular complexity index is 663. The first-order valence-corrected chi connectivity index (χ1v) is 6.31. The van der Waals surface area contributed by atoms with Gasteiger partial charge in [0.05, 0.1) is 15.6 Å². The van der Waals surface area contributed by atoms with Crippen LogP contribution in [0.1, 0.15) is 5.56 Å². The molecular weight excluding hydrogens is 256 g/mol. The van der Waals surface area contributed by atoms with Gasteiger partial charge in [0, 0.05) is 6.07 Å². The van der Waals surface area contributed by atoms with Gasteiger partial charge in [-0.25, -0.2) is 4.98 Å². The fourth-order valence-electron chi connectivity index (χ4n) is 1.65. The van der Waals surface area contributed by atoms with E-state index < -0.39 is 0 Å². The van der Waals surface area contributed by atoms with Gasteiger partial charge >= 0.3 is 0 Å².